The minimum Gasteiger partial charge on any atom is -0.370 e. The minimum atomic E-state index is -1.18. The molecule has 0 saturated carbocycles. The highest BCUT2D eigenvalue weighted by Crippen LogP contribution is 2.19. The van der Waals surface area contributed by atoms with Crippen LogP contribution < -0.4 is 22.1 Å². The number of aromatic amines is 1. The molecule has 0 saturated heterocycles. The Morgan fingerprint density at radius 3 is 2.46 bits per heavy atom. The normalized spacial score (nSPS) is 13.7. The molecule has 4 amide bonds. The van der Waals surface area contributed by atoms with Crippen LogP contribution in [-0.4, -0.2) is 40.7 Å². The van der Waals surface area contributed by atoms with Crippen LogP contribution in [0.25, 0.3) is 10.9 Å². The number of carbonyl (C=O) groups is 4. The highest BCUT2D eigenvalue weighted by Gasteiger charge is 2.27. The largest absolute Gasteiger partial charge is 0.370 e. The smallest absolute Gasteiger partial charge is 0.249 e. The van der Waals surface area contributed by atoms with Crippen LogP contribution in [0.3, 0.4) is 0 Å². The van der Waals surface area contributed by atoms with Crippen LogP contribution in [0.2, 0.25) is 0 Å². The zero-order chi connectivity index (χ0) is 25.8. The van der Waals surface area contributed by atoms with Gasteiger partial charge in [-0.3, -0.25) is 24.5 Å². The maximum Gasteiger partial charge on any atom is 0.249 e. The molecule has 1 aromatic carbocycles. The number of unbranched alkanes of at least 4 members (excludes halogenated alkanes) is 3. The van der Waals surface area contributed by atoms with E-state index in [2.05, 4.69) is 29.5 Å². The quantitative estimate of drug-likeness (QED) is 0.245. The molecule has 0 aliphatic heterocycles. The first-order chi connectivity index (χ1) is 16.7. The fourth-order valence-electron chi connectivity index (χ4n) is 3.94. The van der Waals surface area contributed by atoms with E-state index in [9.17, 15) is 19.2 Å². The molecule has 7 N–H and O–H groups in total. The van der Waals surface area contributed by atoms with Crippen LogP contribution in [-0.2, 0) is 25.6 Å². The van der Waals surface area contributed by atoms with Gasteiger partial charge in [0.2, 0.25) is 23.6 Å². The molecule has 2 aromatic rings. The van der Waals surface area contributed by atoms with E-state index in [1.54, 1.807) is 6.20 Å². The Balaban J connectivity index is 1.97. The molecule has 9 heteroatoms. The lowest BCUT2D eigenvalue weighted by Crippen LogP contribution is -2.54. The summed E-state index contributed by atoms with van der Waals surface area (Å²) in [5, 5.41) is 5.90. The molecule has 1 unspecified atom stereocenters. The summed E-state index contributed by atoms with van der Waals surface area (Å²) in [4.78, 5) is 52.1. The summed E-state index contributed by atoms with van der Waals surface area (Å²) >= 11 is 0. The van der Waals surface area contributed by atoms with Gasteiger partial charge in [0.25, 0.3) is 0 Å². The molecule has 0 fully saturated rings. The van der Waals surface area contributed by atoms with Crippen LogP contribution in [0.1, 0.15) is 70.8 Å². The number of hydrogen-bond acceptors (Lipinski definition) is 5. The fraction of sp³-hybridized carbons (Fsp3) is 0.538. The Morgan fingerprint density at radius 1 is 1.03 bits per heavy atom. The molecule has 3 atom stereocenters. The van der Waals surface area contributed by atoms with Crippen molar-refractivity contribution in [2.45, 2.75) is 83.7 Å². The predicted octanol–water partition coefficient (Wildman–Crippen LogP) is 2.43. The summed E-state index contributed by atoms with van der Waals surface area (Å²) in [6.45, 7) is 4.43. The molecule has 0 aliphatic carbocycles. The lowest BCUT2D eigenvalue weighted by atomic mass is 10.00. The molecule has 1 heterocycles. The number of carbonyl (C=O) groups excluding carboxylic acids is 4. The minimum absolute atomic E-state index is 0.147. The van der Waals surface area contributed by atoms with E-state index in [1.165, 1.54) is 12.8 Å². The number of hydrogen-bond donors (Lipinski definition) is 5. The number of nitrogens with two attached hydrogens (primary N) is 2. The van der Waals surface area contributed by atoms with Crippen molar-refractivity contribution >= 4 is 34.5 Å². The summed E-state index contributed by atoms with van der Waals surface area (Å²) in [6, 6.07) is 5.35. The molecule has 0 bridgehead atoms. The number of H-pyrrole nitrogens is 1. The van der Waals surface area contributed by atoms with Crippen molar-refractivity contribution in [2.75, 3.05) is 0 Å². The van der Waals surface area contributed by atoms with Gasteiger partial charge < -0.3 is 21.8 Å². The molecule has 35 heavy (non-hydrogen) atoms. The third kappa shape index (κ3) is 9.52. The summed E-state index contributed by atoms with van der Waals surface area (Å²) in [7, 11) is 0. The van der Waals surface area contributed by atoms with Crippen molar-refractivity contribution in [2.24, 2.45) is 17.4 Å². The third-order valence-electron chi connectivity index (χ3n) is 6.30. The maximum atomic E-state index is 13.0. The molecular weight excluding hydrogens is 446 g/mol. The van der Waals surface area contributed by atoms with E-state index in [1.807, 2.05) is 24.3 Å². The van der Waals surface area contributed by atoms with E-state index in [0.717, 1.165) is 41.6 Å². The SMILES string of the molecule is CCC(C)CCCCCCC(=O)NC(=O)[C@H](Cc1c[nH]c2ccccc12)NC(=O)[C@@H](N)CC(N)=O. The second-order valence-corrected chi connectivity index (χ2v) is 9.28. The number of primary amides is 1. The Hall–Kier alpha value is -3.20. The van der Waals surface area contributed by atoms with Gasteiger partial charge in [0.1, 0.15) is 6.04 Å². The molecule has 1 aromatic heterocycles. The summed E-state index contributed by atoms with van der Waals surface area (Å²) in [6.07, 6.45) is 7.99. The highest BCUT2D eigenvalue weighted by molar-refractivity contribution is 6.00. The second kappa shape index (κ2) is 14.3. The molecule has 192 valence electrons. The average molecular weight is 486 g/mol. The van der Waals surface area contributed by atoms with E-state index < -0.39 is 29.8 Å². The Labute approximate surface area is 206 Å². The molecule has 0 aliphatic rings. The van der Waals surface area contributed by atoms with Crippen molar-refractivity contribution < 1.29 is 19.2 Å². The monoisotopic (exact) mass is 485 g/mol. The highest BCUT2D eigenvalue weighted by atomic mass is 16.2. The van der Waals surface area contributed by atoms with Gasteiger partial charge in [0.05, 0.1) is 12.5 Å². The Morgan fingerprint density at radius 2 is 1.74 bits per heavy atom. The van der Waals surface area contributed by atoms with Crippen LogP contribution in [0.5, 0.6) is 0 Å². The third-order valence-corrected chi connectivity index (χ3v) is 6.30. The first-order valence-corrected chi connectivity index (χ1v) is 12.4. The molecular formula is C26H39N5O4. The van der Waals surface area contributed by atoms with Crippen LogP contribution >= 0.6 is 0 Å². The van der Waals surface area contributed by atoms with Crippen molar-refractivity contribution in [3.8, 4) is 0 Å². The first-order valence-electron chi connectivity index (χ1n) is 12.4. The van der Waals surface area contributed by atoms with Gasteiger partial charge in [-0.2, -0.15) is 0 Å². The van der Waals surface area contributed by atoms with Crippen LogP contribution in [0.4, 0.5) is 0 Å². The van der Waals surface area contributed by atoms with Gasteiger partial charge in [-0.1, -0.05) is 64.2 Å². The topological polar surface area (TPSA) is 160 Å². The maximum absolute atomic E-state index is 13.0. The number of nitrogens with one attached hydrogen (secondary N) is 3. The lowest BCUT2D eigenvalue weighted by Gasteiger charge is -2.20. The van der Waals surface area contributed by atoms with Crippen LogP contribution in [0, 0.1) is 5.92 Å². The van der Waals surface area contributed by atoms with Crippen molar-refractivity contribution in [1.82, 2.24) is 15.6 Å². The molecule has 0 radical (unpaired) electrons. The molecule has 2 rings (SSSR count). The van der Waals surface area contributed by atoms with E-state index in [4.69, 9.17) is 11.5 Å². The van der Waals surface area contributed by atoms with Crippen LogP contribution in [0.15, 0.2) is 30.5 Å². The number of imide groups is 1. The number of rotatable bonds is 15. The fourth-order valence-corrected chi connectivity index (χ4v) is 3.94. The number of benzene rings is 1. The summed E-state index contributed by atoms with van der Waals surface area (Å²) in [5.74, 6) is -1.67. The first kappa shape index (κ1) is 28.0. The number of fused-ring (bicyclic) bond motifs is 1. The summed E-state index contributed by atoms with van der Waals surface area (Å²) < 4.78 is 0. The van der Waals surface area contributed by atoms with Gasteiger partial charge in [-0.15, -0.1) is 0 Å². The van der Waals surface area contributed by atoms with Crippen molar-refractivity contribution in [3.05, 3.63) is 36.0 Å². The number of para-hydroxylation sites is 1. The summed E-state index contributed by atoms with van der Waals surface area (Å²) in [5.41, 5.74) is 12.6. The van der Waals surface area contributed by atoms with Gasteiger partial charge >= 0.3 is 0 Å². The Bertz CT molecular complexity index is 1000. The van der Waals surface area contributed by atoms with Crippen molar-refractivity contribution in [3.63, 3.8) is 0 Å². The zero-order valence-electron chi connectivity index (χ0n) is 20.8. The molecule has 9 nitrogen and oxygen atoms in total. The van der Waals surface area contributed by atoms with Gasteiger partial charge in [0.15, 0.2) is 0 Å². The number of amides is 4. The van der Waals surface area contributed by atoms with E-state index in [-0.39, 0.29) is 25.2 Å². The number of aromatic nitrogens is 1. The second-order valence-electron chi connectivity index (χ2n) is 9.28. The zero-order valence-corrected chi connectivity index (χ0v) is 20.8. The Kier molecular flexibility index (Phi) is 11.4. The van der Waals surface area contributed by atoms with Crippen molar-refractivity contribution in [1.29, 1.82) is 0 Å². The van der Waals surface area contributed by atoms with Gasteiger partial charge in [-0.05, 0) is 24.0 Å². The average Bonchev–Trinajstić information content (AvgIpc) is 3.22. The van der Waals surface area contributed by atoms with Gasteiger partial charge in [-0.25, -0.2) is 0 Å². The van der Waals surface area contributed by atoms with Gasteiger partial charge in [0, 0.05) is 29.9 Å². The lowest BCUT2D eigenvalue weighted by molar-refractivity contribution is -0.134. The standard InChI is InChI=1S/C26H39N5O4/c1-3-17(2)10-6-4-5-7-13-24(33)31-26(35)22(30-25(34)20(27)15-23(28)32)14-18-16-29-21-12-9-8-11-19(18)21/h8-9,11-12,16-17,20,22,29H,3-7,10,13-15,27H2,1-2H3,(H2,28,32)(H,30,34)(H,31,33,35)/t17?,20-,22-/m0/s1. The van der Waals surface area contributed by atoms with E-state index in [0.29, 0.717) is 6.42 Å². The predicted molar refractivity (Wildman–Crippen MR) is 136 cm³/mol. The van der Waals surface area contributed by atoms with E-state index >= 15 is 0 Å². The molecule has 0 spiro atoms.